The van der Waals surface area contributed by atoms with Crippen LogP contribution in [0.2, 0.25) is 0 Å². The van der Waals surface area contributed by atoms with Crippen LogP contribution in [-0.2, 0) is 4.79 Å². The van der Waals surface area contributed by atoms with Crippen molar-refractivity contribution in [3.8, 4) is 0 Å². The van der Waals surface area contributed by atoms with Gasteiger partial charge in [0.1, 0.15) is 5.78 Å². The molecule has 0 radical (unpaired) electrons. The average Bonchev–Trinajstić information content (AvgIpc) is 2.19. The van der Waals surface area contributed by atoms with Gasteiger partial charge in [-0.15, -0.1) is 0 Å². The van der Waals surface area contributed by atoms with E-state index in [-0.39, 0.29) is 0 Å². The van der Waals surface area contributed by atoms with Gasteiger partial charge < -0.3 is 0 Å². The molecule has 0 N–H and O–H groups in total. The second-order valence-corrected chi connectivity index (χ2v) is 4.42. The number of hydrogen-bond acceptors (Lipinski definition) is 2. The fourth-order valence-electron chi connectivity index (χ4n) is 2.09. The molecule has 0 aliphatic carbocycles. The van der Waals surface area contributed by atoms with E-state index >= 15 is 0 Å². The Morgan fingerprint density at radius 1 is 1.29 bits per heavy atom. The van der Waals surface area contributed by atoms with Crippen LogP contribution in [-0.4, -0.2) is 29.8 Å². The normalized spacial score (nSPS) is 21.1. The maximum absolute atomic E-state index is 11.1. The van der Waals surface area contributed by atoms with Crippen LogP contribution < -0.4 is 0 Å². The summed E-state index contributed by atoms with van der Waals surface area (Å²) in [6.07, 6.45) is 6.82. The molecular weight excluding hydrogens is 174 g/mol. The van der Waals surface area contributed by atoms with Crippen LogP contribution in [0.4, 0.5) is 0 Å². The summed E-state index contributed by atoms with van der Waals surface area (Å²) in [7, 11) is 0. The second-order valence-electron chi connectivity index (χ2n) is 4.42. The number of carbonyl (C=O) groups excluding carboxylic acids is 1. The Morgan fingerprint density at radius 3 is 2.50 bits per heavy atom. The van der Waals surface area contributed by atoms with Gasteiger partial charge >= 0.3 is 0 Å². The van der Waals surface area contributed by atoms with Gasteiger partial charge in [-0.3, -0.25) is 9.69 Å². The van der Waals surface area contributed by atoms with Crippen molar-refractivity contribution < 1.29 is 4.79 Å². The van der Waals surface area contributed by atoms with E-state index < -0.39 is 0 Å². The van der Waals surface area contributed by atoms with E-state index in [1.807, 2.05) is 0 Å². The Labute approximate surface area is 87.7 Å². The van der Waals surface area contributed by atoms with E-state index in [9.17, 15) is 4.79 Å². The molecule has 0 aromatic heterocycles. The van der Waals surface area contributed by atoms with E-state index in [0.29, 0.717) is 11.8 Å². The van der Waals surface area contributed by atoms with Gasteiger partial charge in [-0.05, 0) is 13.3 Å². The zero-order valence-electron chi connectivity index (χ0n) is 9.59. The summed E-state index contributed by atoms with van der Waals surface area (Å²) in [5.41, 5.74) is 0. The van der Waals surface area contributed by atoms with Gasteiger partial charge in [0.25, 0.3) is 0 Å². The van der Waals surface area contributed by atoms with Gasteiger partial charge in [0.2, 0.25) is 0 Å². The zero-order valence-corrected chi connectivity index (χ0v) is 9.59. The minimum Gasteiger partial charge on any atom is -0.300 e. The molecule has 82 valence electrons. The van der Waals surface area contributed by atoms with Gasteiger partial charge in [0, 0.05) is 32.0 Å². The summed E-state index contributed by atoms with van der Waals surface area (Å²) >= 11 is 0. The molecule has 2 nitrogen and oxygen atoms in total. The molecule has 2 heteroatoms. The highest BCUT2D eigenvalue weighted by Gasteiger charge is 2.19. The Bertz CT molecular complexity index is 169. The molecule has 0 spiro atoms. The Balaban J connectivity index is 2.16. The molecule has 1 aliphatic heterocycles. The maximum atomic E-state index is 11.1. The molecule has 1 aliphatic rings. The van der Waals surface area contributed by atoms with Crippen molar-refractivity contribution in [2.45, 2.75) is 58.4 Å². The van der Waals surface area contributed by atoms with Gasteiger partial charge in [0.15, 0.2) is 0 Å². The number of ketones is 1. The predicted octanol–water partition coefficient (Wildman–Crippen LogP) is 2.62. The molecule has 14 heavy (non-hydrogen) atoms. The smallest absolute Gasteiger partial charge is 0.135 e. The lowest BCUT2D eigenvalue weighted by atomic mass is 10.0. The number of carbonyl (C=O) groups is 1. The highest BCUT2D eigenvalue weighted by molar-refractivity contribution is 5.79. The highest BCUT2D eigenvalue weighted by Crippen LogP contribution is 2.14. The largest absolute Gasteiger partial charge is 0.300 e. The number of likely N-dealkylation sites (tertiary alicyclic amines) is 1. The SMILES string of the molecule is CCCCCC(C)N1CCC(=O)CC1. The summed E-state index contributed by atoms with van der Waals surface area (Å²) in [5, 5.41) is 0. The molecule has 0 saturated carbocycles. The van der Waals surface area contributed by atoms with Crippen LogP contribution in [0.1, 0.15) is 52.4 Å². The molecule has 1 fully saturated rings. The van der Waals surface area contributed by atoms with Crippen LogP contribution in [0.3, 0.4) is 0 Å². The fourth-order valence-corrected chi connectivity index (χ4v) is 2.09. The Morgan fingerprint density at radius 2 is 1.93 bits per heavy atom. The maximum Gasteiger partial charge on any atom is 0.135 e. The van der Waals surface area contributed by atoms with Crippen molar-refractivity contribution >= 4 is 5.78 Å². The number of Topliss-reactive ketones (excluding diaryl/α,β-unsaturated/α-hetero) is 1. The number of nitrogens with zero attached hydrogens (tertiary/aromatic N) is 1. The Kier molecular flexibility index (Phi) is 5.16. The van der Waals surface area contributed by atoms with Crippen LogP contribution in [0.15, 0.2) is 0 Å². The molecule has 0 aromatic rings. The van der Waals surface area contributed by atoms with E-state index in [4.69, 9.17) is 0 Å². The molecule has 1 rings (SSSR count). The van der Waals surface area contributed by atoms with Crippen molar-refractivity contribution in [1.29, 1.82) is 0 Å². The lowest BCUT2D eigenvalue weighted by Gasteiger charge is -2.31. The molecule has 1 unspecified atom stereocenters. The molecule has 0 amide bonds. The first-order chi connectivity index (χ1) is 6.74. The van der Waals surface area contributed by atoms with Gasteiger partial charge in [-0.1, -0.05) is 26.2 Å². The predicted molar refractivity (Wildman–Crippen MR) is 59.4 cm³/mol. The fraction of sp³-hybridized carbons (Fsp3) is 0.917. The first-order valence-corrected chi connectivity index (χ1v) is 5.99. The van der Waals surface area contributed by atoms with E-state index in [2.05, 4.69) is 18.7 Å². The summed E-state index contributed by atoms with van der Waals surface area (Å²) in [6, 6.07) is 0.676. The van der Waals surface area contributed by atoms with Crippen LogP contribution in [0.5, 0.6) is 0 Å². The minimum absolute atomic E-state index is 0.446. The molecule has 1 heterocycles. The second kappa shape index (κ2) is 6.18. The molecule has 1 atom stereocenters. The summed E-state index contributed by atoms with van der Waals surface area (Å²) < 4.78 is 0. The average molecular weight is 197 g/mol. The third-order valence-corrected chi connectivity index (χ3v) is 3.20. The van der Waals surface area contributed by atoms with Crippen molar-refractivity contribution in [3.63, 3.8) is 0 Å². The third-order valence-electron chi connectivity index (χ3n) is 3.20. The topological polar surface area (TPSA) is 20.3 Å². The third kappa shape index (κ3) is 3.79. The van der Waals surface area contributed by atoms with E-state index in [1.165, 1.54) is 25.7 Å². The minimum atomic E-state index is 0.446. The monoisotopic (exact) mass is 197 g/mol. The Hall–Kier alpha value is -0.370. The van der Waals surface area contributed by atoms with Crippen molar-refractivity contribution in [2.75, 3.05) is 13.1 Å². The summed E-state index contributed by atoms with van der Waals surface area (Å²) in [5.74, 6) is 0.446. The van der Waals surface area contributed by atoms with Gasteiger partial charge in [-0.2, -0.15) is 0 Å². The molecular formula is C12H23NO. The molecule has 0 bridgehead atoms. The first-order valence-electron chi connectivity index (χ1n) is 5.99. The van der Waals surface area contributed by atoms with Gasteiger partial charge in [0.05, 0.1) is 0 Å². The van der Waals surface area contributed by atoms with Gasteiger partial charge in [-0.25, -0.2) is 0 Å². The quantitative estimate of drug-likeness (QED) is 0.631. The lowest BCUT2D eigenvalue weighted by Crippen LogP contribution is -2.40. The van der Waals surface area contributed by atoms with Crippen molar-refractivity contribution in [1.82, 2.24) is 4.90 Å². The van der Waals surface area contributed by atoms with Crippen LogP contribution in [0.25, 0.3) is 0 Å². The van der Waals surface area contributed by atoms with Crippen molar-refractivity contribution in [2.24, 2.45) is 0 Å². The zero-order chi connectivity index (χ0) is 10.4. The van der Waals surface area contributed by atoms with Crippen LogP contribution in [0, 0.1) is 0 Å². The molecule has 0 aromatic carbocycles. The van der Waals surface area contributed by atoms with E-state index in [0.717, 1.165) is 25.9 Å². The first kappa shape index (κ1) is 11.7. The number of hydrogen-bond donors (Lipinski definition) is 0. The highest BCUT2D eigenvalue weighted by atomic mass is 16.1. The summed E-state index contributed by atoms with van der Waals surface area (Å²) in [4.78, 5) is 13.5. The standard InChI is InChI=1S/C12H23NO/c1-3-4-5-6-11(2)13-9-7-12(14)8-10-13/h11H,3-10H2,1-2H3. The number of rotatable bonds is 5. The number of unbranched alkanes of at least 4 members (excludes halogenated alkanes) is 2. The van der Waals surface area contributed by atoms with E-state index in [1.54, 1.807) is 0 Å². The lowest BCUT2D eigenvalue weighted by molar-refractivity contribution is -0.121. The molecule has 1 saturated heterocycles. The summed E-state index contributed by atoms with van der Waals surface area (Å²) in [6.45, 7) is 6.52. The number of piperidine rings is 1. The van der Waals surface area contributed by atoms with Crippen molar-refractivity contribution in [3.05, 3.63) is 0 Å². The van der Waals surface area contributed by atoms with Crippen LogP contribution >= 0.6 is 0 Å².